The zero-order valence-electron chi connectivity index (χ0n) is 20.5. The number of benzene rings is 2. The van der Waals surface area contributed by atoms with Crippen LogP contribution in [0.4, 0.5) is 5.69 Å². The van der Waals surface area contributed by atoms with Gasteiger partial charge in [-0.3, -0.25) is 9.59 Å². The number of carbonyl (C=O) groups is 1. The molecule has 10 heteroatoms. The van der Waals surface area contributed by atoms with E-state index < -0.39 is 27.5 Å². The van der Waals surface area contributed by atoms with E-state index in [0.717, 1.165) is 4.68 Å². The van der Waals surface area contributed by atoms with E-state index in [2.05, 4.69) is 10.4 Å². The van der Waals surface area contributed by atoms with Crippen LogP contribution in [0.15, 0.2) is 64.3 Å². The van der Waals surface area contributed by atoms with Crippen molar-refractivity contribution < 1.29 is 17.9 Å². The van der Waals surface area contributed by atoms with E-state index in [4.69, 9.17) is 4.74 Å². The predicted molar refractivity (Wildman–Crippen MR) is 135 cm³/mol. The number of amides is 1. The number of aromatic nitrogens is 2. The average Bonchev–Trinajstić information content (AvgIpc) is 2.85. The fraction of sp³-hybridized carbons (Fsp3) is 0.320. The van der Waals surface area contributed by atoms with Gasteiger partial charge in [0.25, 0.3) is 5.56 Å². The molecule has 0 aliphatic rings. The maximum atomic E-state index is 13.1. The number of anilines is 1. The number of nitrogens with one attached hydrogen (secondary N) is 1. The molecule has 0 saturated carbocycles. The van der Waals surface area contributed by atoms with Gasteiger partial charge in [-0.25, -0.2) is 13.1 Å². The highest BCUT2D eigenvalue weighted by Crippen LogP contribution is 2.26. The molecule has 1 heterocycles. The van der Waals surface area contributed by atoms with Gasteiger partial charge in [-0.1, -0.05) is 26.0 Å². The number of aryl methyl sites for hydroxylation is 1. The molecule has 0 spiro atoms. The third-order valence-corrected chi connectivity index (χ3v) is 7.93. The molecule has 0 radical (unpaired) electrons. The van der Waals surface area contributed by atoms with Crippen molar-refractivity contribution in [3.63, 3.8) is 0 Å². The van der Waals surface area contributed by atoms with Gasteiger partial charge in [-0.05, 0) is 55.8 Å². The van der Waals surface area contributed by atoms with Gasteiger partial charge in [0.1, 0.15) is 11.8 Å². The largest absolute Gasteiger partial charge is 0.497 e. The SMILES string of the molecule is CCN(CC)S(=O)(=O)c1cc(-c2ccc(=O)n([C@@H](C)C(=O)Nc3ccc(OC)cc3)n2)ccc1C. The smallest absolute Gasteiger partial charge is 0.267 e. The van der Waals surface area contributed by atoms with Gasteiger partial charge < -0.3 is 10.1 Å². The molecule has 2 aromatic carbocycles. The Hall–Kier alpha value is -3.50. The minimum atomic E-state index is -3.69. The van der Waals surface area contributed by atoms with Gasteiger partial charge in [0.15, 0.2) is 0 Å². The van der Waals surface area contributed by atoms with Crippen LogP contribution in [0.1, 0.15) is 32.4 Å². The second-order valence-electron chi connectivity index (χ2n) is 7.96. The molecule has 9 nitrogen and oxygen atoms in total. The van der Waals surface area contributed by atoms with Gasteiger partial charge in [0, 0.05) is 30.4 Å². The number of ether oxygens (including phenoxy) is 1. The minimum absolute atomic E-state index is 0.184. The monoisotopic (exact) mass is 498 g/mol. The van der Waals surface area contributed by atoms with Crippen LogP contribution in [-0.2, 0) is 14.8 Å². The molecule has 1 amide bonds. The van der Waals surface area contributed by atoms with E-state index in [1.54, 1.807) is 77.3 Å². The number of rotatable bonds is 9. The standard InChI is InChI=1S/C25H30N4O5S/c1-6-28(7-2)35(32,33)23-16-19(9-8-17(23)3)22-14-15-24(30)29(27-22)18(4)25(31)26-20-10-12-21(34-5)13-11-20/h8-16,18H,6-7H2,1-5H3,(H,26,31)/t18-/m0/s1. The lowest BCUT2D eigenvalue weighted by molar-refractivity contribution is -0.119. The molecule has 1 N–H and O–H groups in total. The van der Waals surface area contributed by atoms with E-state index >= 15 is 0 Å². The van der Waals surface area contributed by atoms with Crippen molar-refractivity contribution in [3.05, 3.63) is 70.5 Å². The van der Waals surface area contributed by atoms with Crippen LogP contribution >= 0.6 is 0 Å². The number of nitrogens with zero attached hydrogens (tertiary/aromatic N) is 3. The van der Waals surface area contributed by atoms with Crippen LogP contribution in [0.2, 0.25) is 0 Å². The van der Waals surface area contributed by atoms with Crippen molar-refractivity contribution in [3.8, 4) is 17.0 Å². The average molecular weight is 499 g/mol. The first-order chi connectivity index (χ1) is 16.6. The highest BCUT2D eigenvalue weighted by atomic mass is 32.2. The van der Waals surface area contributed by atoms with Gasteiger partial charge >= 0.3 is 0 Å². The van der Waals surface area contributed by atoms with Crippen LogP contribution in [0.5, 0.6) is 5.75 Å². The Balaban J connectivity index is 1.94. The Morgan fingerprint density at radius 2 is 1.74 bits per heavy atom. The lowest BCUT2D eigenvalue weighted by atomic mass is 10.1. The van der Waals surface area contributed by atoms with Crippen LogP contribution < -0.4 is 15.6 Å². The van der Waals surface area contributed by atoms with E-state index in [0.29, 0.717) is 41.3 Å². The molecule has 0 aliphatic carbocycles. The summed E-state index contributed by atoms with van der Waals surface area (Å²) in [6.45, 7) is 7.59. The third-order valence-electron chi connectivity index (χ3n) is 5.74. The third kappa shape index (κ3) is 5.60. The molecule has 3 aromatic rings. The lowest BCUT2D eigenvalue weighted by Crippen LogP contribution is -2.33. The van der Waals surface area contributed by atoms with E-state index in [-0.39, 0.29) is 4.90 Å². The second kappa shape index (κ2) is 10.8. The van der Waals surface area contributed by atoms with Crippen molar-refractivity contribution in [2.45, 2.75) is 38.6 Å². The quantitative estimate of drug-likeness (QED) is 0.484. The molecule has 186 valence electrons. The van der Waals surface area contributed by atoms with E-state index in [9.17, 15) is 18.0 Å². The number of hydrogen-bond acceptors (Lipinski definition) is 6. The number of methoxy groups -OCH3 is 1. The maximum Gasteiger partial charge on any atom is 0.267 e. The van der Waals surface area contributed by atoms with E-state index in [1.165, 1.54) is 16.4 Å². The first-order valence-corrected chi connectivity index (χ1v) is 12.7. The van der Waals surface area contributed by atoms with Crippen molar-refractivity contribution in [1.82, 2.24) is 14.1 Å². The van der Waals surface area contributed by atoms with Crippen LogP contribution in [0, 0.1) is 6.92 Å². The fourth-order valence-corrected chi connectivity index (χ4v) is 5.34. The number of carbonyl (C=O) groups excluding carboxylic acids is 1. The van der Waals surface area contributed by atoms with Crippen molar-refractivity contribution in [1.29, 1.82) is 0 Å². The maximum absolute atomic E-state index is 13.1. The first kappa shape index (κ1) is 26.1. The lowest BCUT2D eigenvalue weighted by Gasteiger charge is -2.20. The molecule has 1 atom stereocenters. The molecule has 1 aromatic heterocycles. The topological polar surface area (TPSA) is 111 Å². The van der Waals surface area contributed by atoms with Crippen LogP contribution in [-0.4, -0.2) is 48.6 Å². The van der Waals surface area contributed by atoms with Crippen molar-refractivity contribution in [2.24, 2.45) is 0 Å². The second-order valence-corrected chi connectivity index (χ2v) is 9.87. The van der Waals surface area contributed by atoms with Gasteiger partial charge in [-0.15, -0.1) is 0 Å². The molecule has 0 aliphatic heterocycles. The van der Waals surface area contributed by atoms with Gasteiger partial charge in [0.2, 0.25) is 15.9 Å². The molecule has 0 fully saturated rings. The van der Waals surface area contributed by atoms with Gasteiger partial charge in [0.05, 0.1) is 17.7 Å². The molecule has 3 rings (SSSR count). The summed E-state index contributed by atoms with van der Waals surface area (Å²) in [7, 11) is -2.13. The van der Waals surface area contributed by atoms with Crippen LogP contribution in [0.3, 0.4) is 0 Å². The summed E-state index contributed by atoms with van der Waals surface area (Å²) in [6, 6.07) is 13.8. The molecule has 0 bridgehead atoms. The highest BCUT2D eigenvalue weighted by molar-refractivity contribution is 7.89. The summed E-state index contributed by atoms with van der Waals surface area (Å²) in [6.07, 6.45) is 0. The summed E-state index contributed by atoms with van der Waals surface area (Å²) in [5.74, 6) is 0.234. The first-order valence-electron chi connectivity index (χ1n) is 11.3. The van der Waals surface area contributed by atoms with Crippen molar-refractivity contribution >= 4 is 21.6 Å². The molecular formula is C25H30N4O5S. The summed E-state index contributed by atoms with van der Waals surface area (Å²) >= 11 is 0. The predicted octanol–water partition coefficient (Wildman–Crippen LogP) is 3.46. The molecular weight excluding hydrogens is 468 g/mol. The summed E-state index contributed by atoms with van der Waals surface area (Å²) in [4.78, 5) is 25.5. The fourth-order valence-electron chi connectivity index (χ4n) is 3.63. The molecule has 35 heavy (non-hydrogen) atoms. The van der Waals surface area contributed by atoms with Crippen molar-refractivity contribution in [2.75, 3.05) is 25.5 Å². The Labute approximate surface area is 205 Å². The summed E-state index contributed by atoms with van der Waals surface area (Å²) in [5, 5.41) is 7.15. The van der Waals surface area contributed by atoms with E-state index in [1.807, 2.05) is 0 Å². The minimum Gasteiger partial charge on any atom is -0.497 e. The Bertz CT molecular complexity index is 1360. The zero-order valence-corrected chi connectivity index (χ0v) is 21.3. The highest BCUT2D eigenvalue weighted by Gasteiger charge is 2.24. The molecule has 0 unspecified atom stereocenters. The zero-order chi connectivity index (χ0) is 25.8. The molecule has 0 saturated heterocycles. The summed E-state index contributed by atoms with van der Waals surface area (Å²) in [5.41, 5.74) is 1.62. The van der Waals surface area contributed by atoms with Crippen LogP contribution in [0.25, 0.3) is 11.3 Å². The Morgan fingerprint density at radius 3 is 2.34 bits per heavy atom. The Kier molecular flexibility index (Phi) is 8.08. The Morgan fingerprint density at radius 1 is 1.09 bits per heavy atom. The number of hydrogen-bond donors (Lipinski definition) is 1. The number of sulfonamides is 1. The van der Waals surface area contributed by atoms with Gasteiger partial charge in [-0.2, -0.15) is 9.40 Å². The normalized spacial score (nSPS) is 12.4. The summed E-state index contributed by atoms with van der Waals surface area (Å²) < 4.78 is 33.8.